The fourth-order valence-electron chi connectivity index (χ4n) is 2.42. The molecule has 1 unspecified atom stereocenters. The van der Waals surface area contributed by atoms with Crippen LogP contribution in [-0.4, -0.2) is 31.3 Å². The van der Waals surface area contributed by atoms with Crippen molar-refractivity contribution in [1.82, 2.24) is 30.1 Å². The molecule has 0 aliphatic carbocycles. The minimum absolute atomic E-state index is 0.0343. The van der Waals surface area contributed by atoms with E-state index in [9.17, 15) is 0 Å². The summed E-state index contributed by atoms with van der Waals surface area (Å²) in [5.41, 5.74) is 3.30. The Morgan fingerprint density at radius 2 is 2.10 bits per heavy atom. The van der Waals surface area contributed by atoms with Crippen molar-refractivity contribution in [3.63, 3.8) is 0 Å². The molecular weight excluding hydrogens is 332 g/mol. The van der Waals surface area contributed by atoms with Gasteiger partial charge in [0.2, 0.25) is 0 Å². The van der Waals surface area contributed by atoms with Gasteiger partial charge in [-0.2, -0.15) is 5.10 Å². The number of aryl methyl sites for hydroxylation is 3. The van der Waals surface area contributed by atoms with Crippen molar-refractivity contribution in [2.24, 2.45) is 7.05 Å². The molecule has 2 rings (SSSR count). The molecule has 2 aromatic heterocycles. The molecule has 0 fully saturated rings. The van der Waals surface area contributed by atoms with Crippen molar-refractivity contribution in [3.05, 3.63) is 27.8 Å². The third-order valence-corrected chi connectivity index (χ3v) is 4.08. The van der Waals surface area contributed by atoms with Crippen LogP contribution in [0.2, 0.25) is 0 Å². The highest BCUT2D eigenvalue weighted by atomic mass is 79.9. The molecule has 6 nitrogen and oxygen atoms in total. The van der Waals surface area contributed by atoms with E-state index in [0.29, 0.717) is 0 Å². The van der Waals surface area contributed by atoms with Gasteiger partial charge in [0.25, 0.3) is 0 Å². The Bertz CT molecular complexity index is 569. The van der Waals surface area contributed by atoms with Gasteiger partial charge in [-0.1, -0.05) is 19.1 Å². The molecule has 1 N–H and O–H groups in total. The zero-order chi connectivity index (χ0) is 15.4. The lowest BCUT2D eigenvalue weighted by Gasteiger charge is -2.19. The maximum atomic E-state index is 4.66. The standard InChI is InChI=1S/C14H23BrN6/c1-5-8-16-12(13-14(15)17-19-20(13)4)11-9-10(6-2)18-21(11)7-3/h9,12,16H,5-8H2,1-4H3. The molecule has 116 valence electrons. The van der Waals surface area contributed by atoms with Crippen LogP contribution in [-0.2, 0) is 20.0 Å². The van der Waals surface area contributed by atoms with Gasteiger partial charge in [0.1, 0.15) is 0 Å². The fraction of sp³-hybridized carbons (Fsp3) is 0.643. The summed E-state index contributed by atoms with van der Waals surface area (Å²) in [6, 6.07) is 2.21. The second kappa shape index (κ2) is 7.17. The highest BCUT2D eigenvalue weighted by Gasteiger charge is 2.25. The Labute approximate surface area is 134 Å². The Kier molecular flexibility index (Phi) is 5.52. The molecule has 0 aliphatic heterocycles. The lowest BCUT2D eigenvalue weighted by molar-refractivity contribution is 0.500. The summed E-state index contributed by atoms with van der Waals surface area (Å²) in [4.78, 5) is 0. The molecule has 0 saturated heterocycles. The van der Waals surface area contributed by atoms with Gasteiger partial charge in [0, 0.05) is 13.6 Å². The van der Waals surface area contributed by atoms with Crippen molar-refractivity contribution >= 4 is 15.9 Å². The van der Waals surface area contributed by atoms with Gasteiger partial charge in [-0.05, 0) is 48.3 Å². The minimum Gasteiger partial charge on any atom is -0.304 e. The molecule has 0 aromatic carbocycles. The molecule has 0 spiro atoms. The smallest absolute Gasteiger partial charge is 0.153 e. The molecule has 0 saturated carbocycles. The normalized spacial score (nSPS) is 12.8. The van der Waals surface area contributed by atoms with Gasteiger partial charge in [-0.15, -0.1) is 5.10 Å². The third-order valence-electron chi connectivity index (χ3n) is 3.52. The predicted molar refractivity (Wildman–Crippen MR) is 86.1 cm³/mol. The maximum absolute atomic E-state index is 4.66. The van der Waals surface area contributed by atoms with Crippen LogP contribution in [0, 0.1) is 0 Å². The van der Waals surface area contributed by atoms with E-state index in [1.54, 1.807) is 0 Å². The largest absolute Gasteiger partial charge is 0.304 e. The molecule has 0 radical (unpaired) electrons. The summed E-state index contributed by atoms with van der Waals surface area (Å²) in [6.45, 7) is 8.18. The number of nitrogens with one attached hydrogen (secondary N) is 1. The molecule has 2 aromatic rings. The van der Waals surface area contributed by atoms with Crippen molar-refractivity contribution in [2.45, 2.75) is 46.2 Å². The number of hydrogen-bond acceptors (Lipinski definition) is 4. The number of hydrogen-bond donors (Lipinski definition) is 1. The van der Waals surface area contributed by atoms with Gasteiger partial charge in [0.05, 0.1) is 23.1 Å². The number of nitrogens with zero attached hydrogens (tertiary/aromatic N) is 5. The van der Waals surface area contributed by atoms with Crippen molar-refractivity contribution in [1.29, 1.82) is 0 Å². The van der Waals surface area contributed by atoms with Crippen molar-refractivity contribution < 1.29 is 0 Å². The van der Waals surface area contributed by atoms with Crippen molar-refractivity contribution in [2.75, 3.05) is 6.54 Å². The van der Waals surface area contributed by atoms with Crippen LogP contribution in [0.1, 0.15) is 50.3 Å². The van der Waals surface area contributed by atoms with E-state index in [4.69, 9.17) is 0 Å². The zero-order valence-electron chi connectivity index (χ0n) is 13.1. The first kappa shape index (κ1) is 16.2. The lowest BCUT2D eigenvalue weighted by atomic mass is 10.1. The monoisotopic (exact) mass is 354 g/mol. The van der Waals surface area contributed by atoms with E-state index in [-0.39, 0.29) is 6.04 Å². The van der Waals surface area contributed by atoms with Crippen LogP contribution >= 0.6 is 15.9 Å². The summed E-state index contributed by atoms with van der Waals surface area (Å²) in [5.74, 6) is 0. The summed E-state index contributed by atoms with van der Waals surface area (Å²) in [6.07, 6.45) is 2.01. The maximum Gasteiger partial charge on any atom is 0.153 e. The van der Waals surface area contributed by atoms with Gasteiger partial charge in [-0.3, -0.25) is 4.68 Å². The summed E-state index contributed by atoms with van der Waals surface area (Å²) >= 11 is 3.51. The van der Waals surface area contributed by atoms with E-state index in [0.717, 1.165) is 47.6 Å². The third kappa shape index (κ3) is 3.35. The van der Waals surface area contributed by atoms with Crippen LogP contribution in [0.4, 0.5) is 0 Å². The first-order valence-corrected chi connectivity index (χ1v) is 8.26. The number of halogens is 1. The topological polar surface area (TPSA) is 60.6 Å². The highest BCUT2D eigenvalue weighted by molar-refractivity contribution is 9.10. The Morgan fingerprint density at radius 3 is 2.62 bits per heavy atom. The summed E-state index contributed by atoms with van der Waals surface area (Å²) in [5, 5.41) is 16.5. The van der Waals surface area contributed by atoms with Gasteiger partial charge in [-0.25, -0.2) is 4.68 Å². The second-order valence-corrected chi connectivity index (χ2v) is 5.76. The summed E-state index contributed by atoms with van der Waals surface area (Å²) in [7, 11) is 1.92. The first-order chi connectivity index (χ1) is 10.1. The first-order valence-electron chi connectivity index (χ1n) is 7.47. The summed E-state index contributed by atoms with van der Waals surface area (Å²) < 4.78 is 4.65. The average Bonchev–Trinajstić information content (AvgIpc) is 3.05. The van der Waals surface area contributed by atoms with Gasteiger partial charge in [0.15, 0.2) is 4.60 Å². The molecule has 7 heteroatoms. The highest BCUT2D eigenvalue weighted by Crippen LogP contribution is 2.27. The molecular formula is C14H23BrN6. The molecule has 0 bridgehead atoms. The molecule has 1 atom stereocenters. The quantitative estimate of drug-likeness (QED) is 0.829. The van der Waals surface area contributed by atoms with Crippen LogP contribution in [0.25, 0.3) is 0 Å². The van der Waals surface area contributed by atoms with E-state index < -0.39 is 0 Å². The molecule has 0 aliphatic rings. The van der Waals surface area contributed by atoms with Gasteiger partial charge >= 0.3 is 0 Å². The Morgan fingerprint density at radius 1 is 1.33 bits per heavy atom. The minimum atomic E-state index is 0.0343. The van der Waals surface area contributed by atoms with Crippen LogP contribution in [0.3, 0.4) is 0 Å². The van der Waals surface area contributed by atoms with Crippen LogP contribution in [0.5, 0.6) is 0 Å². The Hall–Kier alpha value is -1.21. The lowest BCUT2D eigenvalue weighted by Crippen LogP contribution is -2.28. The number of rotatable bonds is 7. The molecule has 2 heterocycles. The van der Waals surface area contributed by atoms with E-state index in [2.05, 4.69) is 68.2 Å². The second-order valence-electron chi connectivity index (χ2n) is 5.01. The SMILES string of the molecule is CCCNC(c1c(Br)nnn1C)c1cc(CC)nn1CC. The molecule has 0 amide bonds. The van der Waals surface area contributed by atoms with E-state index >= 15 is 0 Å². The zero-order valence-corrected chi connectivity index (χ0v) is 14.7. The number of aromatic nitrogens is 5. The van der Waals surface area contributed by atoms with Crippen molar-refractivity contribution in [3.8, 4) is 0 Å². The molecule has 21 heavy (non-hydrogen) atoms. The van der Waals surface area contributed by atoms with E-state index in [1.807, 2.05) is 11.7 Å². The van der Waals surface area contributed by atoms with E-state index in [1.165, 1.54) is 0 Å². The Balaban J connectivity index is 2.47. The predicted octanol–water partition coefficient (Wildman–Crippen LogP) is 2.45. The van der Waals surface area contributed by atoms with Crippen LogP contribution < -0.4 is 5.32 Å². The van der Waals surface area contributed by atoms with Crippen LogP contribution in [0.15, 0.2) is 10.7 Å². The average molecular weight is 355 g/mol. The van der Waals surface area contributed by atoms with Gasteiger partial charge < -0.3 is 5.32 Å². The fourth-order valence-corrected chi connectivity index (χ4v) is 2.98.